The molecule has 26 heavy (non-hydrogen) atoms. The highest BCUT2D eigenvalue weighted by atomic mass is 35.5. The lowest BCUT2D eigenvalue weighted by molar-refractivity contribution is 0.0532. The molecule has 0 atom stereocenters. The van der Waals surface area contributed by atoms with E-state index >= 15 is 0 Å². The zero-order valence-corrected chi connectivity index (χ0v) is 17.8. The largest absolute Gasteiger partial charge is 0.462 e. The zero-order chi connectivity index (χ0) is 18.8. The van der Waals surface area contributed by atoms with Crippen molar-refractivity contribution in [3.63, 3.8) is 0 Å². The Morgan fingerprint density at radius 1 is 1.31 bits per heavy atom. The fraction of sp³-hybridized carbons (Fsp3) is 0.471. The van der Waals surface area contributed by atoms with Crippen LogP contribution in [0.4, 0.5) is 0 Å². The fourth-order valence-electron chi connectivity index (χ4n) is 2.42. The van der Waals surface area contributed by atoms with E-state index in [1.807, 2.05) is 13.8 Å². The van der Waals surface area contributed by atoms with Crippen LogP contribution in [0.5, 0.6) is 0 Å². The van der Waals surface area contributed by atoms with Crippen molar-refractivity contribution < 1.29 is 17.9 Å². The Labute approximate surface area is 164 Å². The summed E-state index contributed by atoms with van der Waals surface area (Å²) in [5, 5.41) is 0.709. The van der Waals surface area contributed by atoms with Crippen LogP contribution in [0.15, 0.2) is 29.2 Å². The van der Waals surface area contributed by atoms with Crippen LogP contribution in [0.25, 0.3) is 10.1 Å². The van der Waals surface area contributed by atoms with Crippen LogP contribution in [-0.2, 0) is 14.8 Å². The van der Waals surface area contributed by atoms with Gasteiger partial charge in [-0.1, -0.05) is 13.8 Å². The quantitative estimate of drug-likeness (QED) is 0.695. The first kappa shape index (κ1) is 22.9. The number of carbonyl (C=O) groups excluding carboxylic acids is 1. The van der Waals surface area contributed by atoms with Gasteiger partial charge in [0.25, 0.3) is 0 Å². The summed E-state index contributed by atoms with van der Waals surface area (Å²) in [5.41, 5.74) is 5.39. The van der Waals surface area contributed by atoms with Crippen LogP contribution in [0.3, 0.4) is 0 Å². The molecule has 0 radical (unpaired) electrons. The van der Waals surface area contributed by atoms with E-state index in [2.05, 4.69) is 0 Å². The molecule has 2 aromatic rings. The summed E-state index contributed by atoms with van der Waals surface area (Å²) in [6.45, 7) is 6.60. The van der Waals surface area contributed by atoms with Crippen LogP contribution >= 0.6 is 23.7 Å². The molecule has 0 aliphatic carbocycles. The van der Waals surface area contributed by atoms with Crippen LogP contribution in [0, 0.1) is 5.41 Å². The van der Waals surface area contributed by atoms with Gasteiger partial charge in [0, 0.05) is 18.3 Å². The van der Waals surface area contributed by atoms with Gasteiger partial charge in [-0.2, -0.15) is 0 Å². The predicted molar refractivity (Wildman–Crippen MR) is 108 cm³/mol. The van der Waals surface area contributed by atoms with Crippen molar-refractivity contribution in [2.45, 2.75) is 25.7 Å². The van der Waals surface area contributed by atoms with Crippen molar-refractivity contribution in [3.8, 4) is 0 Å². The lowest BCUT2D eigenvalue weighted by atomic mass is 9.94. The number of ether oxygens (including phenoxy) is 1. The van der Waals surface area contributed by atoms with Crippen molar-refractivity contribution >= 4 is 49.8 Å². The van der Waals surface area contributed by atoms with Crippen LogP contribution in [0.1, 0.15) is 30.4 Å². The van der Waals surface area contributed by atoms with Gasteiger partial charge in [-0.25, -0.2) is 17.5 Å². The number of esters is 1. The minimum atomic E-state index is -3.63. The van der Waals surface area contributed by atoms with E-state index < -0.39 is 16.0 Å². The van der Waals surface area contributed by atoms with Gasteiger partial charge in [-0.05, 0) is 48.5 Å². The molecule has 0 amide bonds. The molecule has 0 fully saturated rings. The summed E-state index contributed by atoms with van der Waals surface area (Å²) in [7, 11) is -2.08. The summed E-state index contributed by atoms with van der Waals surface area (Å²) in [6, 6.07) is 6.54. The molecule has 1 aromatic carbocycles. The number of sulfonamides is 1. The second kappa shape index (κ2) is 8.67. The third-order valence-corrected chi connectivity index (χ3v) is 6.77. The van der Waals surface area contributed by atoms with E-state index in [0.717, 1.165) is 4.70 Å². The van der Waals surface area contributed by atoms with Crippen molar-refractivity contribution in [2.24, 2.45) is 11.1 Å². The number of benzene rings is 1. The molecule has 9 heteroatoms. The highest BCUT2D eigenvalue weighted by molar-refractivity contribution is 7.89. The molecule has 6 nitrogen and oxygen atoms in total. The number of fused-ring (bicyclic) bond motifs is 1. The molecule has 2 N–H and O–H groups in total. The van der Waals surface area contributed by atoms with E-state index in [9.17, 15) is 13.2 Å². The molecule has 146 valence electrons. The van der Waals surface area contributed by atoms with Gasteiger partial charge in [0.15, 0.2) is 0 Å². The van der Waals surface area contributed by atoms with Gasteiger partial charge in [-0.15, -0.1) is 23.7 Å². The van der Waals surface area contributed by atoms with E-state index in [1.54, 1.807) is 38.2 Å². The summed E-state index contributed by atoms with van der Waals surface area (Å²) < 4.78 is 32.8. The second-order valence-electron chi connectivity index (χ2n) is 6.66. The number of thiophene rings is 1. The van der Waals surface area contributed by atoms with Crippen molar-refractivity contribution in [1.82, 2.24) is 4.31 Å². The molecular formula is C17H25ClN2O4S2. The van der Waals surface area contributed by atoms with E-state index in [4.69, 9.17) is 10.5 Å². The summed E-state index contributed by atoms with van der Waals surface area (Å²) in [4.78, 5) is 12.5. The Morgan fingerprint density at radius 3 is 2.54 bits per heavy atom. The predicted octanol–water partition coefficient (Wildman–Crippen LogP) is 3.11. The minimum Gasteiger partial charge on any atom is -0.462 e. The fourth-order valence-corrected chi connectivity index (χ4v) is 4.75. The highest BCUT2D eigenvalue weighted by Gasteiger charge is 2.27. The first-order chi connectivity index (χ1) is 11.6. The number of halogens is 1. The molecule has 0 unspecified atom stereocenters. The van der Waals surface area contributed by atoms with Crippen LogP contribution in [-0.4, -0.2) is 45.4 Å². The van der Waals surface area contributed by atoms with Crippen molar-refractivity contribution in [1.29, 1.82) is 0 Å². The van der Waals surface area contributed by atoms with Crippen LogP contribution in [0.2, 0.25) is 0 Å². The molecule has 0 saturated carbocycles. The minimum absolute atomic E-state index is 0. The average molecular weight is 421 g/mol. The molecular weight excluding hydrogens is 396 g/mol. The molecule has 0 aliphatic heterocycles. The van der Waals surface area contributed by atoms with Crippen molar-refractivity contribution in [2.75, 3.05) is 26.7 Å². The molecule has 0 saturated heterocycles. The lowest BCUT2D eigenvalue weighted by Crippen LogP contribution is -2.39. The average Bonchev–Trinajstić information content (AvgIpc) is 2.97. The van der Waals surface area contributed by atoms with Crippen LogP contribution < -0.4 is 5.73 Å². The van der Waals surface area contributed by atoms with Gasteiger partial charge in [-0.3, -0.25) is 0 Å². The maximum atomic E-state index is 12.8. The van der Waals surface area contributed by atoms with E-state index in [0.29, 0.717) is 30.0 Å². The summed E-state index contributed by atoms with van der Waals surface area (Å²) in [6.07, 6.45) is 0. The van der Waals surface area contributed by atoms with Gasteiger partial charge >= 0.3 is 5.97 Å². The normalized spacial score (nSPS) is 12.2. The molecule has 0 aliphatic rings. The lowest BCUT2D eigenvalue weighted by Gasteiger charge is -2.28. The second-order valence-corrected chi connectivity index (χ2v) is 9.79. The molecule has 1 heterocycles. The third-order valence-electron chi connectivity index (χ3n) is 3.88. The topological polar surface area (TPSA) is 89.7 Å². The van der Waals surface area contributed by atoms with Gasteiger partial charge in [0.1, 0.15) is 4.88 Å². The Kier molecular flexibility index (Phi) is 7.62. The number of hydrogen-bond acceptors (Lipinski definition) is 6. The molecule has 0 spiro atoms. The Balaban J connectivity index is 0.00000338. The first-order valence-corrected chi connectivity index (χ1v) is 10.2. The monoisotopic (exact) mass is 420 g/mol. The Bertz CT molecular complexity index is 878. The standard InChI is InChI=1S/C17H24N2O4S2.ClH/c1-5-23-16(20)15-9-12-8-13(6-7-14(12)24-15)25(21,22)19(4)11-17(2,3)10-18;/h6-9H,5,10-11,18H2,1-4H3;1H. The zero-order valence-electron chi connectivity index (χ0n) is 15.3. The Hall–Kier alpha value is -1.19. The summed E-state index contributed by atoms with van der Waals surface area (Å²) >= 11 is 1.29. The van der Waals surface area contributed by atoms with Gasteiger partial charge < -0.3 is 10.5 Å². The van der Waals surface area contributed by atoms with Gasteiger partial charge in [0.2, 0.25) is 10.0 Å². The van der Waals surface area contributed by atoms with E-state index in [-0.39, 0.29) is 22.7 Å². The molecule has 0 bridgehead atoms. The molecule has 1 aromatic heterocycles. The number of carbonyl (C=O) groups is 1. The number of hydrogen-bond donors (Lipinski definition) is 1. The van der Waals surface area contributed by atoms with Crippen molar-refractivity contribution in [3.05, 3.63) is 29.1 Å². The third kappa shape index (κ3) is 4.95. The maximum Gasteiger partial charge on any atom is 0.348 e. The smallest absolute Gasteiger partial charge is 0.348 e. The Morgan fingerprint density at radius 2 is 1.96 bits per heavy atom. The first-order valence-electron chi connectivity index (χ1n) is 7.98. The summed E-state index contributed by atoms with van der Waals surface area (Å²) in [5.74, 6) is -0.394. The molecule has 2 rings (SSSR count). The number of rotatable bonds is 7. The van der Waals surface area contributed by atoms with Gasteiger partial charge in [0.05, 0.1) is 11.5 Å². The SMILES string of the molecule is CCOC(=O)c1cc2cc(S(=O)(=O)N(C)CC(C)(C)CN)ccc2s1.Cl. The number of nitrogens with two attached hydrogens (primary N) is 1. The number of nitrogens with zero attached hydrogens (tertiary/aromatic N) is 1. The highest BCUT2D eigenvalue weighted by Crippen LogP contribution is 2.30. The maximum absolute atomic E-state index is 12.8. The van der Waals surface area contributed by atoms with E-state index in [1.165, 1.54) is 15.6 Å².